The smallest absolute Gasteiger partial charge is 0.308 e. The molecule has 1 N–H and O–H groups in total. The second kappa shape index (κ2) is 11.0. The summed E-state index contributed by atoms with van der Waals surface area (Å²) in [5.41, 5.74) is 1.23. The minimum absolute atomic E-state index is 0.0452. The van der Waals surface area contributed by atoms with E-state index in [4.69, 9.17) is 9.47 Å². The van der Waals surface area contributed by atoms with Crippen molar-refractivity contribution in [2.45, 2.75) is 90.4 Å². The molecule has 0 aromatic heterocycles. The minimum atomic E-state index is -0.632. The summed E-state index contributed by atoms with van der Waals surface area (Å²) in [4.78, 5) is 38.9. The Morgan fingerprint density at radius 3 is 2.64 bits per heavy atom. The van der Waals surface area contributed by atoms with Crippen LogP contribution in [0, 0.1) is 29.6 Å². The van der Waals surface area contributed by atoms with Crippen molar-refractivity contribution in [1.29, 1.82) is 0 Å². The molecule has 33 heavy (non-hydrogen) atoms. The summed E-state index contributed by atoms with van der Waals surface area (Å²) >= 11 is 0. The molecule has 7 nitrogen and oxygen atoms in total. The molecule has 1 aliphatic heterocycles. The molecule has 3 aliphatic rings. The molecule has 0 aromatic rings. The fourth-order valence-electron chi connectivity index (χ4n) is 5.77. The highest BCUT2D eigenvalue weighted by molar-refractivity contribution is 5.80. The second-order valence-corrected chi connectivity index (χ2v) is 10.6. The molecular weight excluding hydrogens is 422 g/mol. The van der Waals surface area contributed by atoms with Gasteiger partial charge in [-0.3, -0.25) is 14.4 Å². The number of rotatable bonds is 7. The Labute approximate surface area is 197 Å². The molecule has 1 heterocycles. The van der Waals surface area contributed by atoms with E-state index in [1.807, 2.05) is 13.8 Å². The standard InChI is InChI=1S/C26H41NO6/c1-6-15(2)26(31)33-22-12-18(25(30)27(4)5)11-17-8-7-16(3)21(24(17)22)10-9-20-13-19(28)14-23(29)32-20/h11,15-16,18-22,24,28H,6-10,12-14H2,1-5H3/t15?,16-,18+,19+,20+,21-,22-,24-/m0/s1. The average Bonchev–Trinajstić information content (AvgIpc) is 2.76. The topological polar surface area (TPSA) is 93.1 Å². The number of amides is 1. The summed E-state index contributed by atoms with van der Waals surface area (Å²) in [7, 11) is 3.53. The molecule has 3 rings (SSSR count). The highest BCUT2D eigenvalue weighted by Gasteiger charge is 2.45. The van der Waals surface area contributed by atoms with Gasteiger partial charge in [-0.1, -0.05) is 32.4 Å². The number of fused-ring (bicyclic) bond motifs is 1. The molecule has 186 valence electrons. The number of carbonyl (C=O) groups is 3. The molecule has 0 bridgehead atoms. The van der Waals surface area contributed by atoms with Gasteiger partial charge in [0.2, 0.25) is 5.91 Å². The van der Waals surface area contributed by atoms with E-state index in [0.29, 0.717) is 31.6 Å². The zero-order valence-electron chi connectivity index (χ0n) is 20.8. The van der Waals surface area contributed by atoms with Crippen LogP contribution in [0.2, 0.25) is 0 Å². The Bertz CT molecular complexity index is 762. The van der Waals surface area contributed by atoms with Crippen molar-refractivity contribution in [3.63, 3.8) is 0 Å². The maximum atomic E-state index is 12.8. The summed E-state index contributed by atoms with van der Waals surface area (Å²) in [6.07, 6.45) is 6.13. The van der Waals surface area contributed by atoms with Gasteiger partial charge in [0.15, 0.2) is 0 Å². The number of cyclic esters (lactones) is 1. The Balaban J connectivity index is 1.82. The molecule has 1 saturated carbocycles. The molecule has 2 aliphatic carbocycles. The number of nitrogens with zero attached hydrogens (tertiary/aromatic N) is 1. The summed E-state index contributed by atoms with van der Waals surface area (Å²) in [6.45, 7) is 6.10. The van der Waals surface area contributed by atoms with Crippen LogP contribution >= 0.6 is 0 Å². The third-order valence-electron chi connectivity index (χ3n) is 7.91. The molecule has 1 saturated heterocycles. The van der Waals surface area contributed by atoms with E-state index in [-0.39, 0.29) is 60.1 Å². The second-order valence-electron chi connectivity index (χ2n) is 10.6. The van der Waals surface area contributed by atoms with Gasteiger partial charge >= 0.3 is 11.9 Å². The molecular formula is C26H41NO6. The molecule has 0 aromatic carbocycles. The fourth-order valence-corrected chi connectivity index (χ4v) is 5.77. The third kappa shape index (κ3) is 6.17. The predicted molar refractivity (Wildman–Crippen MR) is 124 cm³/mol. The number of ether oxygens (including phenoxy) is 2. The quantitative estimate of drug-likeness (QED) is 0.459. The van der Waals surface area contributed by atoms with Gasteiger partial charge in [0.25, 0.3) is 0 Å². The SMILES string of the molecule is CCC(C)C(=O)O[C@H]1C[C@H](C(=O)N(C)C)C=C2CC[C@H](C)[C@H](CC[C@@H]3C[C@@H](O)CC(=O)O3)[C@H]21. The van der Waals surface area contributed by atoms with Crippen LogP contribution in [-0.4, -0.2) is 60.3 Å². The van der Waals surface area contributed by atoms with Crippen LogP contribution in [0.1, 0.15) is 72.1 Å². The monoisotopic (exact) mass is 463 g/mol. The Morgan fingerprint density at radius 1 is 1.27 bits per heavy atom. The lowest BCUT2D eigenvalue weighted by Gasteiger charge is -2.46. The van der Waals surface area contributed by atoms with E-state index in [1.54, 1.807) is 19.0 Å². The van der Waals surface area contributed by atoms with E-state index in [0.717, 1.165) is 19.3 Å². The first-order valence-corrected chi connectivity index (χ1v) is 12.6. The maximum Gasteiger partial charge on any atom is 0.308 e. The van der Waals surface area contributed by atoms with Crippen molar-refractivity contribution in [3.8, 4) is 0 Å². The number of aliphatic hydroxyl groups excluding tert-OH is 1. The van der Waals surface area contributed by atoms with Gasteiger partial charge in [-0.25, -0.2) is 0 Å². The van der Waals surface area contributed by atoms with Crippen LogP contribution < -0.4 is 0 Å². The Morgan fingerprint density at radius 2 is 2.00 bits per heavy atom. The first-order chi connectivity index (χ1) is 15.6. The molecule has 8 atom stereocenters. The normalized spacial score (nSPS) is 35.0. The van der Waals surface area contributed by atoms with E-state index < -0.39 is 6.10 Å². The number of hydrogen-bond acceptors (Lipinski definition) is 6. The molecule has 1 amide bonds. The molecule has 7 heteroatoms. The van der Waals surface area contributed by atoms with Crippen LogP contribution in [0.4, 0.5) is 0 Å². The maximum absolute atomic E-state index is 12.8. The highest BCUT2D eigenvalue weighted by Crippen LogP contribution is 2.48. The van der Waals surface area contributed by atoms with Crippen LogP contribution in [0.25, 0.3) is 0 Å². The summed E-state index contributed by atoms with van der Waals surface area (Å²) in [5, 5.41) is 9.97. The van der Waals surface area contributed by atoms with E-state index in [9.17, 15) is 19.5 Å². The van der Waals surface area contributed by atoms with Gasteiger partial charge in [0, 0.05) is 32.9 Å². The summed E-state index contributed by atoms with van der Waals surface area (Å²) in [6, 6.07) is 0. The molecule has 0 spiro atoms. The van der Waals surface area contributed by atoms with Gasteiger partial charge in [0.05, 0.1) is 24.4 Å². The zero-order chi connectivity index (χ0) is 24.3. The van der Waals surface area contributed by atoms with Crippen LogP contribution in [-0.2, 0) is 23.9 Å². The highest BCUT2D eigenvalue weighted by atomic mass is 16.5. The first-order valence-electron chi connectivity index (χ1n) is 12.6. The lowest BCUT2D eigenvalue weighted by molar-refractivity contribution is -0.163. The zero-order valence-corrected chi connectivity index (χ0v) is 20.8. The first kappa shape index (κ1) is 25.7. The van der Waals surface area contributed by atoms with Crippen molar-refractivity contribution >= 4 is 17.8 Å². The van der Waals surface area contributed by atoms with Crippen molar-refractivity contribution in [2.24, 2.45) is 29.6 Å². The van der Waals surface area contributed by atoms with Gasteiger partial charge in [-0.15, -0.1) is 0 Å². The number of carbonyl (C=O) groups excluding carboxylic acids is 3. The van der Waals surface area contributed by atoms with Gasteiger partial charge in [-0.05, 0) is 43.9 Å². The Kier molecular flexibility index (Phi) is 8.59. The van der Waals surface area contributed by atoms with E-state index >= 15 is 0 Å². The van der Waals surface area contributed by atoms with E-state index in [2.05, 4.69) is 13.0 Å². The van der Waals surface area contributed by atoms with Crippen LogP contribution in [0.5, 0.6) is 0 Å². The van der Waals surface area contributed by atoms with Gasteiger partial charge < -0.3 is 19.5 Å². The molecule has 2 fully saturated rings. The fraction of sp³-hybridized carbons (Fsp3) is 0.808. The molecule has 0 radical (unpaired) electrons. The summed E-state index contributed by atoms with van der Waals surface area (Å²) < 4.78 is 11.6. The van der Waals surface area contributed by atoms with Crippen LogP contribution in [0.15, 0.2) is 11.6 Å². The lowest BCUT2D eigenvalue weighted by Crippen LogP contribution is -2.45. The van der Waals surface area contributed by atoms with Gasteiger partial charge in [-0.2, -0.15) is 0 Å². The van der Waals surface area contributed by atoms with Crippen molar-refractivity contribution < 1.29 is 29.0 Å². The average molecular weight is 464 g/mol. The van der Waals surface area contributed by atoms with Crippen LogP contribution in [0.3, 0.4) is 0 Å². The third-order valence-corrected chi connectivity index (χ3v) is 7.91. The summed E-state index contributed by atoms with van der Waals surface area (Å²) in [5.74, 6) is -0.147. The number of aliphatic hydroxyl groups is 1. The number of hydrogen-bond donors (Lipinski definition) is 1. The van der Waals surface area contributed by atoms with Crippen molar-refractivity contribution in [1.82, 2.24) is 4.90 Å². The van der Waals surface area contributed by atoms with Crippen molar-refractivity contribution in [3.05, 3.63) is 11.6 Å². The lowest BCUT2D eigenvalue weighted by atomic mass is 9.62. The minimum Gasteiger partial charge on any atom is -0.462 e. The Hall–Kier alpha value is -1.89. The predicted octanol–water partition coefficient (Wildman–Crippen LogP) is 3.49. The molecule has 1 unspecified atom stereocenters. The van der Waals surface area contributed by atoms with Gasteiger partial charge in [0.1, 0.15) is 12.2 Å². The number of esters is 2. The van der Waals surface area contributed by atoms with E-state index in [1.165, 1.54) is 5.57 Å². The largest absolute Gasteiger partial charge is 0.462 e. The van der Waals surface area contributed by atoms with Crippen molar-refractivity contribution in [2.75, 3.05) is 14.1 Å².